The number of morpholine rings is 1. The van der Waals surface area contributed by atoms with Crippen molar-refractivity contribution in [3.8, 4) is 0 Å². The standard InChI is InChI=1S/C17H21FN4O3/c1-11(16-20-12(2)25-21-16)19-17(23)15(22-6-8-24-9-7-22)13-4-3-5-14(18)10-13/h3-5,10-11,15H,6-9H2,1-2H3,(H,19,23). The zero-order valence-electron chi connectivity index (χ0n) is 14.2. The SMILES string of the molecule is Cc1nc(C(C)NC(=O)C(c2cccc(F)c2)N2CCOCC2)no1. The molecule has 1 aliphatic heterocycles. The molecule has 0 spiro atoms. The van der Waals surface area contributed by atoms with Gasteiger partial charge in [0.15, 0.2) is 5.82 Å². The number of nitrogens with one attached hydrogen (secondary N) is 1. The quantitative estimate of drug-likeness (QED) is 0.887. The Balaban J connectivity index is 1.81. The molecule has 1 aromatic heterocycles. The predicted molar refractivity (Wildman–Crippen MR) is 87.1 cm³/mol. The van der Waals surface area contributed by atoms with Crippen LogP contribution in [-0.2, 0) is 9.53 Å². The van der Waals surface area contributed by atoms with Crippen LogP contribution in [-0.4, -0.2) is 47.3 Å². The average Bonchev–Trinajstić information content (AvgIpc) is 3.03. The van der Waals surface area contributed by atoms with E-state index in [1.165, 1.54) is 12.1 Å². The van der Waals surface area contributed by atoms with Crippen molar-refractivity contribution in [3.63, 3.8) is 0 Å². The van der Waals surface area contributed by atoms with Crippen molar-refractivity contribution >= 4 is 5.91 Å². The van der Waals surface area contributed by atoms with Gasteiger partial charge in [0.1, 0.15) is 11.9 Å². The highest BCUT2D eigenvalue weighted by molar-refractivity contribution is 5.83. The highest BCUT2D eigenvalue weighted by Gasteiger charge is 2.30. The summed E-state index contributed by atoms with van der Waals surface area (Å²) in [5.41, 5.74) is 0.607. The number of amides is 1. The largest absolute Gasteiger partial charge is 0.379 e. The number of nitrogens with zero attached hydrogens (tertiary/aromatic N) is 3. The Kier molecular flexibility index (Phi) is 5.40. The van der Waals surface area contributed by atoms with Gasteiger partial charge in [-0.05, 0) is 24.6 Å². The van der Waals surface area contributed by atoms with Gasteiger partial charge in [-0.25, -0.2) is 4.39 Å². The summed E-state index contributed by atoms with van der Waals surface area (Å²) in [6.45, 7) is 5.75. The van der Waals surface area contributed by atoms with Crippen LogP contribution >= 0.6 is 0 Å². The first kappa shape index (κ1) is 17.5. The molecule has 1 aromatic carbocycles. The molecule has 134 valence electrons. The lowest BCUT2D eigenvalue weighted by Crippen LogP contribution is -2.46. The molecule has 2 unspecified atom stereocenters. The van der Waals surface area contributed by atoms with Gasteiger partial charge in [-0.1, -0.05) is 17.3 Å². The van der Waals surface area contributed by atoms with Gasteiger partial charge in [0.2, 0.25) is 11.8 Å². The molecule has 2 heterocycles. The van der Waals surface area contributed by atoms with Crippen LogP contribution in [0.25, 0.3) is 0 Å². The zero-order valence-corrected chi connectivity index (χ0v) is 14.2. The first-order chi connectivity index (χ1) is 12.0. The van der Waals surface area contributed by atoms with E-state index in [1.54, 1.807) is 26.0 Å². The van der Waals surface area contributed by atoms with Crippen LogP contribution in [0.5, 0.6) is 0 Å². The normalized spacial score (nSPS) is 17.9. The number of rotatable bonds is 5. The summed E-state index contributed by atoms with van der Waals surface area (Å²) >= 11 is 0. The Bertz CT molecular complexity index is 730. The number of hydrogen-bond acceptors (Lipinski definition) is 6. The number of aryl methyl sites for hydroxylation is 1. The van der Waals surface area contributed by atoms with Crippen LogP contribution in [0.1, 0.15) is 36.3 Å². The van der Waals surface area contributed by atoms with E-state index in [0.717, 1.165) is 0 Å². The molecule has 7 nitrogen and oxygen atoms in total. The monoisotopic (exact) mass is 348 g/mol. The van der Waals surface area contributed by atoms with Crippen molar-refractivity contribution in [2.24, 2.45) is 0 Å². The summed E-state index contributed by atoms with van der Waals surface area (Å²) in [6, 6.07) is 5.10. The summed E-state index contributed by atoms with van der Waals surface area (Å²) in [5.74, 6) is 0.240. The van der Waals surface area contributed by atoms with E-state index in [1.807, 2.05) is 4.90 Å². The fourth-order valence-corrected chi connectivity index (χ4v) is 2.89. The molecule has 0 radical (unpaired) electrons. The van der Waals surface area contributed by atoms with Crippen molar-refractivity contribution in [1.29, 1.82) is 0 Å². The van der Waals surface area contributed by atoms with Gasteiger partial charge in [0.25, 0.3) is 0 Å². The summed E-state index contributed by atoms with van der Waals surface area (Å²) < 4.78 is 24.0. The van der Waals surface area contributed by atoms with Crippen molar-refractivity contribution in [2.75, 3.05) is 26.3 Å². The van der Waals surface area contributed by atoms with E-state index >= 15 is 0 Å². The predicted octanol–water partition coefficient (Wildman–Crippen LogP) is 1.77. The van der Waals surface area contributed by atoms with Gasteiger partial charge in [0.05, 0.1) is 19.3 Å². The molecule has 3 rings (SSSR count). The topological polar surface area (TPSA) is 80.5 Å². The maximum atomic E-state index is 13.7. The molecule has 8 heteroatoms. The van der Waals surface area contributed by atoms with E-state index in [2.05, 4.69) is 15.5 Å². The molecule has 0 saturated carbocycles. The minimum Gasteiger partial charge on any atom is -0.379 e. The molecule has 25 heavy (non-hydrogen) atoms. The molecular formula is C17H21FN4O3. The maximum Gasteiger partial charge on any atom is 0.242 e. The molecule has 0 aliphatic carbocycles. The van der Waals surface area contributed by atoms with Gasteiger partial charge >= 0.3 is 0 Å². The van der Waals surface area contributed by atoms with E-state index in [4.69, 9.17) is 9.26 Å². The molecular weight excluding hydrogens is 327 g/mol. The van der Waals surface area contributed by atoms with Crippen LogP contribution < -0.4 is 5.32 Å². The minimum atomic E-state index is -0.602. The number of benzene rings is 1. The number of aromatic nitrogens is 2. The van der Waals surface area contributed by atoms with Crippen molar-refractivity contribution in [3.05, 3.63) is 47.4 Å². The third kappa shape index (κ3) is 4.21. The number of ether oxygens (including phenoxy) is 1. The lowest BCUT2D eigenvalue weighted by molar-refractivity contribution is -0.129. The van der Waals surface area contributed by atoms with Crippen LogP contribution in [0, 0.1) is 12.7 Å². The number of carbonyl (C=O) groups excluding carboxylic acids is 1. The van der Waals surface area contributed by atoms with Crippen molar-refractivity contribution in [2.45, 2.75) is 25.9 Å². The third-order valence-electron chi connectivity index (χ3n) is 4.11. The second-order valence-electron chi connectivity index (χ2n) is 6.01. The van der Waals surface area contributed by atoms with E-state index in [9.17, 15) is 9.18 Å². The fraction of sp³-hybridized carbons (Fsp3) is 0.471. The van der Waals surface area contributed by atoms with Gasteiger partial charge in [-0.3, -0.25) is 9.69 Å². The third-order valence-corrected chi connectivity index (χ3v) is 4.11. The van der Waals surface area contributed by atoms with Crippen molar-refractivity contribution in [1.82, 2.24) is 20.4 Å². The highest BCUT2D eigenvalue weighted by atomic mass is 19.1. The zero-order chi connectivity index (χ0) is 17.8. The molecule has 1 fully saturated rings. The number of hydrogen-bond donors (Lipinski definition) is 1. The lowest BCUT2D eigenvalue weighted by Gasteiger charge is -2.34. The number of carbonyl (C=O) groups is 1. The van der Waals surface area contributed by atoms with Crippen LogP contribution in [0.4, 0.5) is 4.39 Å². The average molecular weight is 348 g/mol. The Morgan fingerprint density at radius 3 is 2.76 bits per heavy atom. The van der Waals surface area contributed by atoms with Gasteiger partial charge in [-0.15, -0.1) is 0 Å². The summed E-state index contributed by atoms with van der Waals surface area (Å²) in [5, 5.41) is 6.73. The first-order valence-electron chi connectivity index (χ1n) is 8.22. The maximum absolute atomic E-state index is 13.7. The van der Waals surface area contributed by atoms with E-state index < -0.39 is 12.1 Å². The number of halogens is 1. The van der Waals surface area contributed by atoms with Gasteiger partial charge in [-0.2, -0.15) is 4.98 Å². The Hall–Kier alpha value is -2.32. The highest BCUT2D eigenvalue weighted by Crippen LogP contribution is 2.24. The van der Waals surface area contributed by atoms with E-state index in [0.29, 0.717) is 43.6 Å². The van der Waals surface area contributed by atoms with Crippen molar-refractivity contribution < 1.29 is 18.4 Å². The van der Waals surface area contributed by atoms with Gasteiger partial charge < -0.3 is 14.6 Å². The smallest absolute Gasteiger partial charge is 0.242 e. The fourth-order valence-electron chi connectivity index (χ4n) is 2.89. The van der Waals surface area contributed by atoms with Crippen LogP contribution in [0.3, 0.4) is 0 Å². The molecule has 2 atom stereocenters. The second-order valence-corrected chi connectivity index (χ2v) is 6.01. The first-order valence-corrected chi connectivity index (χ1v) is 8.22. The molecule has 2 aromatic rings. The summed E-state index contributed by atoms with van der Waals surface area (Å²) in [7, 11) is 0. The Morgan fingerprint density at radius 2 is 2.12 bits per heavy atom. The lowest BCUT2D eigenvalue weighted by atomic mass is 10.0. The molecule has 1 aliphatic rings. The molecule has 1 N–H and O–H groups in total. The molecule has 0 bridgehead atoms. The van der Waals surface area contributed by atoms with Crippen LogP contribution in [0.15, 0.2) is 28.8 Å². The molecule has 1 amide bonds. The Morgan fingerprint density at radius 1 is 1.36 bits per heavy atom. The Labute approximate surface area is 145 Å². The van der Waals surface area contributed by atoms with Gasteiger partial charge in [0, 0.05) is 20.0 Å². The molecule has 1 saturated heterocycles. The second kappa shape index (κ2) is 7.71. The van der Waals surface area contributed by atoms with E-state index in [-0.39, 0.29) is 11.7 Å². The summed E-state index contributed by atoms with van der Waals surface area (Å²) in [4.78, 5) is 19.1. The summed E-state index contributed by atoms with van der Waals surface area (Å²) in [6.07, 6.45) is 0. The van der Waals surface area contributed by atoms with Crippen LogP contribution in [0.2, 0.25) is 0 Å². The minimum absolute atomic E-state index is 0.234.